The summed E-state index contributed by atoms with van der Waals surface area (Å²) in [7, 11) is 2.16. The van der Waals surface area contributed by atoms with Crippen molar-refractivity contribution in [3.05, 3.63) is 35.2 Å². The van der Waals surface area contributed by atoms with E-state index in [1.807, 2.05) is 11.3 Å². The normalized spacial score (nSPS) is 11.6. The Balaban J connectivity index is 2.35. The molecule has 2 heteroatoms. The van der Waals surface area contributed by atoms with Crippen molar-refractivity contribution >= 4 is 32.5 Å². The van der Waals surface area contributed by atoms with Crippen molar-refractivity contribution in [1.29, 1.82) is 0 Å². The van der Waals surface area contributed by atoms with E-state index in [4.69, 9.17) is 0 Å². The molecule has 2 aromatic heterocycles. The van der Waals surface area contributed by atoms with E-state index in [0.29, 0.717) is 0 Å². The second-order valence-corrected chi connectivity index (χ2v) is 5.37. The van der Waals surface area contributed by atoms with Gasteiger partial charge in [-0.2, -0.15) is 0 Å². The molecule has 0 saturated heterocycles. The minimum absolute atomic E-state index is 1.20. The molecule has 0 unspecified atom stereocenters. The van der Waals surface area contributed by atoms with Crippen molar-refractivity contribution in [2.45, 2.75) is 19.8 Å². The van der Waals surface area contributed by atoms with Gasteiger partial charge in [-0.1, -0.05) is 31.5 Å². The van der Waals surface area contributed by atoms with Gasteiger partial charge in [-0.25, -0.2) is 0 Å². The standard InChI is InChI=1S/C14H15NS/c1-3-6-10-9-12-11-7-4-5-8-13(11)15(2)14(12)16-10/h4-5,7-9H,3,6H2,1-2H3. The quantitative estimate of drug-likeness (QED) is 0.616. The highest BCUT2D eigenvalue weighted by molar-refractivity contribution is 7.19. The van der Waals surface area contributed by atoms with E-state index in [1.54, 1.807) is 0 Å². The second-order valence-electron chi connectivity index (χ2n) is 4.26. The lowest BCUT2D eigenvalue weighted by molar-refractivity contribution is 0.940. The molecule has 0 N–H and O–H groups in total. The van der Waals surface area contributed by atoms with Gasteiger partial charge in [0.05, 0.1) is 0 Å². The van der Waals surface area contributed by atoms with Crippen LogP contribution in [0.2, 0.25) is 0 Å². The Kier molecular flexibility index (Phi) is 2.25. The number of hydrogen-bond acceptors (Lipinski definition) is 1. The summed E-state index contributed by atoms with van der Waals surface area (Å²) < 4.78 is 2.31. The zero-order chi connectivity index (χ0) is 11.1. The van der Waals surface area contributed by atoms with E-state index in [0.717, 1.165) is 0 Å². The van der Waals surface area contributed by atoms with Crippen molar-refractivity contribution < 1.29 is 0 Å². The number of benzene rings is 1. The molecule has 0 aliphatic carbocycles. The highest BCUT2D eigenvalue weighted by Gasteiger charge is 2.10. The average Bonchev–Trinajstić information content (AvgIpc) is 2.81. The number of aromatic nitrogens is 1. The van der Waals surface area contributed by atoms with Crippen LogP contribution in [-0.2, 0) is 13.5 Å². The first-order valence-corrected chi connectivity index (χ1v) is 6.58. The minimum atomic E-state index is 1.20. The van der Waals surface area contributed by atoms with Gasteiger partial charge in [-0.3, -0.25) is 0 Å². The third-order valence-corrected chi connectivity index (χ3v) is 4.39. The lowest BCUT2D eigenvalue weighted by Crippen LogP contribution is -1.83. The number of hydrogen-bond donors (Lipinski definition) is 0. The Morgan fingerprint density at radius 3 is 2.81 bits per heavy atom. The van der Waals surface area contributed by atoms with E-state index in [-0.39, 0.29) is 0 Å². The van der Waals surface area contributed by atoms with Crippen molar-refractivity contribution in [3.8, 4) is 0 Å². The summed E-state index contributed by atoms with van der Waals surface area (Å²) in [5.41, 5.74) is 1.34. The number of fused-ring (bicyclic) bond motifs is 3. The van der Waals surface area contributed by atoms with E-state index in [2.05, 4.69) is 48.9 Å². The van der Waals surface area contributed by atoms with Crippen LogP contribution in [0, 0.1) is 0 Å². The molecule has 3 rings (SSSR count). The molecule has 3 aromatic rings. The Hall–Kier alpha value is -1.28. The molecule has 2 heterocycles. The molecule has 0 amide bonds. The summed E-state index contributed by atoms with van der Waals surface area (Å²) in [6.45, 7) is 2.24. The van der Waals surface area contributed by atoms with Crippen molar-refractivity contribution in [2.75, 3.05) is 0 Å². The Bertz CT molecular complexity index is 645. The fraction of sp³-hybridized carbons (Fsp3) is 0.286. The Morgan fingerprint density at radius 1 is 1.19 bits per heavy atom. The predicted molar refractivity (Wildman–Crippen MR) is 72.3 cm³/mol. The van der Waals surface area contributed by atoms with Gasteiger partial charge in [-0.15, -0.1) is 11.3 Å². The molecule has 0 saturated carbocycles. The number of rotatable bonds is 2. The molecule has 1 aromatic carbocycles. The lowest BCUT2D eigenvalue weighted by Gasteiger charge is -1.96. The third-order valence-electron chi connectivity index (χ3n) is 3.12. The van der Waals surface area contributed by atoms with Crippen LogP contribution in [-0.4, -0.2) is 4.57 Å². The van der Waals surface area contributed by atoms with Crippen molar-refractivity contribution in [3.63, 3.8) is 0 Å². The van der Waals surface area contributed by atoms with Gasteiger partial charge < -0.3 is 4.57 Å². The molecule has 0 spiro atoms. The topological polar surface area (TPSA) is 4.93 Å². The molecular formula is C14H15NS. The zero-order valence-corrected chi connectivity index (χ0v) is 10.5. The summed E-state index contributed by atoms with van der Waals surface area (Å²) in [6, 6.07) is 11.0. The van der Waals surface area contributed by atoms with Gasteiger partial charge in [0.15, 0.2) is 0 Å². The maximum atomic E-state index is 2.37. The molecule has 0 aliphatic heterocycles. The van der Waals surface area contributed by atoms with Gasteiger partial charge in [-0.05, 0) is 18.6 Å². The van der Waals surface area contributed by atoms with E-state index in [9.17, 15) is 0 Å². The first kappa shape index (κ1) is 9.91. The predicted octanol–water partition coefficient (Wildman–Crippen LogP) is 4.35. The molecule has 0 radical (unpaired) electrons. The van der Waals surface area contributed by atoms with E-state index >= 15 is 0 Å². The fourth-order valence-electron chi connectivity index (χ4n) is 2.35. The third kappa shape index (κ3) is 1.30. The van der Waals surface area contributed by atoms with Crippen LogP contribution in [0.1, 0.15) is 18.2 Å². The smallest absolute Gasteiger partial charge is 0.103 e. The van der Waals surface area contributed by atoms with Gasteiger partial charge >= 0.3 is 0 Å². The largest absolute Gasteiger partial charge is 0.335 e. The van der Waals surface area contributed by atoms with Gasteiger partial charge in [0.2, 0.25) is 0 Å². The van der Waals surface area contributed by atoms with E-state index < -0.39 is 0 Å². The summed E-state index contributed by atoms with van der Waals surface area (Å²) in [6.07, 6.45) is 2.43. The molecule has 0 atom stereocenters. The average molecular weight is 229 g/mol. The molecule has 1 nitrogen and oxygen atoms in total. The lowest BCUT2D eigenvalue weighted by atomic mass is 10.2. The van der Waals surface area contributed by atoms with Gasteiger partial charge in [0.25, 0.3) is 0 Å². The van der Waals surface area contributed by atoms with Crippen molar-refractivity contribution in [2.24, 2.45) is 7.05 Å². The molecule has 0 bridgehead atoms. The van der Waals surface area contributed by atoms with Gasteiger partial charge in [0.1, 0.15) is 4.83 Å². The number of aryl methyl sites for hydroxylation is 2. The number of nitrogens with zero attached hydrogens (tertiary/aromatic N) is 1. The maximum absolute atomic E-state index is 2.37. The summed E-state index contributed by atoms with van der Waals surface area (Å²) in [4.78, 5) is 2.92. The van der Waals surface area contributed by atoms with Crippen LogP contribution in [0.4, 0.5) is 0 Å². The molecule has 82 valence electrons. The van der Waals surface area contributed by atoms with Crippen LogP contribution in [0.3, 0.4) is 0 Å². The first-order valence-electron chi connectivity index (χ1n) is 5.77. The minimum Gasteiger partial charge on any atom is -0.335 e. The zero-order valence-electron chi connectivity index (χ0n) is 9.66. The molecule has 0 aliphatic rings. The maximum Gasteiger partial charge on any atom is 0.103 e. The Labute approximate surface area is 99.3 Å². The highest BCUT2D eigenvalue weighted by Crippen LogP contribution is 2.34. The van der Waals surface area contributed by atoms with Crippen LogP contribution < -0.4 is 0 Å². The number of thiophene rings is 1. The summed E-state index contributed by atoms with van der Waals surface area (Å²) in [5, 5.41) is 2.81. The van der Waals surface area contributed by atoms with Crippen LogP contribution >= 0.6 is 11.3 Å². The summed E-state index contributed by atoms with van der Waals surface area (Å²) in [5.74, 6) is 0. The SMILES string of the molecule is CCCc1cc2c3ccccc3n(C)c2s1. The highest BCUT2D eigenvalue weighted by atomic mass is 32.1. The van der Waals surface area contributed by atoms with Crippen molar-refractivity contribution in [1.82, 2.24) is 4.57 Å². The number of para-hydroxylation sites is 1. The summed E-state index contributed by atoms with van der Waals surface area (Å²) >= 11 is 1.94. The first-order chi connectivity index (χ1) is 7.81. The van der Waals surface area contributed by atoms with Gasteiger partial charge in [0, 0.05) is 28.2 Å². The Morgan fingerprint density at radius 2 is 2.00 bits per heavy atom. The van der Waals surface area contributed by atoms with E-state index in [1.165, 1.54) is 38.8 Å². The molecular weight excluding hydrogens is 214 g/mol. The monoisotopic (exact) mass is 229 g/mol. The molecule has 16 heavy (non-hydrogen) atoms. The second kappa shape index (κ2) is 3.63. The molecule has 0 fully saturated rings. The van der Waals surface area contributed by atoms with Crippen LogP contribution in [0.5, 0.6) is 0 Å². The fourth-order valence-corrected chi connectivity index (χ4v) is 3.59. The van der Waals surface area contributed by atoms with Crippen LogP contribution in [0.25, 0.3) is 21.1 Å². The van der Waals surface area contributed by atoms with Crippen LogP contribution in [0.15, 0.2) is 30.3 Å².